The molecule has 0 saturated carbocycles. The molecule has 1 atom stereocenters. The van der Waals surface area contributed by atoms with Crippen molar-refractivity contribution in [3.05, 3.63) is 10.6 Å². The van der Waals surface area contributed by atoms with Gasteiger partial charge in [-0.2, -0.15) is 4.98 Å². The fourth-order valence-electron chi connectivity index (χ4n) is 1.38. The number of ether oxygens (including phenoxy) is 1. The molecule has 0 aromatic carbocycles. The zero-order valence-corrected chi connectivity index (χ0v) is 8.42. The van der Waals surface area contributed by atoms with Crippen molar-refractivity contribution in [1.29, 1.82) is 0 Å². The van der Waals surface area contributed by atoms with Gasteiger partial charge in [0.05, 0.1) is 0 Å². The summed E-state index contributed by atoms with van der Waals surface area (Å²) < 4.78 is 7.01. The van der Waals surface area contributed by atoms with E-state index in [9.17, 15) is 0 Å². The predicted molar refractivity (Wildman–Crippen MR) is 48.9 cm³/mol. The fourth-order valence-corrected chi connectivity index (χ4v) is 1.81. The Hall–Kier alpha value is -0.320. The molecule has 0 radical (unpaired) electrons. The summed E-state index contributed by atoms with van der Waals surface area (Å²) in [5.74, 6) is 0. The first-order valence-corrected chi connectivity index (χ1v) is 4.92. The zero-order valence-electron chi connectivity index (χ0n) is 6.91. The van der Waals surface area contributed by atoms with Crippen LogP contribution in [0.4, 0.5) is 0 Å². The second-order valence-corrected chi connectivity index (χ2v) is 3.59. The van der Waals surface area contributed by atoms with E-state index in [0.29, 0.717) is 0 Å². The van der Waals surface area contributed by atoms with E-state index in [-0.39, 0.29) is 16.8 Å². The van der Waals surface area contributed by atoms with Gasteiger partial charge in [0, 0.05) is 6.61 Å². The largest absolute Gasteiger partial charge is 0.356 e. The third-order valence-electron chi connectivity index (χ3n) is 1.99. The van der Waals surface area contributed by atoms with Crippen LogP contribution in [-0.4, -0.2) is 21.4 Å². The molecule has 6 heteroatoms. The molecular weight excluding hydrogens is 213 g/mol. The Morgan fingerprint density at radius 3 is 2.77 bits per heavy atom. The molecule has 1 aliphatic rings. The van der Waals surface area contributed by atoms with Crippen LogP contribution in [0.2, 0.25) is 10.6 Å². The van der Waals surface area contributed by atoms with Crippen LogP contribution in [0.25, 0.3) is 0 Å². The van der Waals surface area contributed by atoms with Gasteiger partial charge in [0.15, 0.2) is 6.23 Å². The molecule has 0 N–H and O–H groups in total. The first kappa shape index (κ1) is 9.24. The molecule has 13 heavy (non-hydrogen) atoms. The third kappa shape index (κ3) is 1.95. The smallest absolute Gasteiger partial charge is 0.243 e. The van der Waals surface area contributed by atoms with Gasteiger partial charge < -0.3 is 4.74 Å². The van der Waals surface area contributed by atoms with E-state index >= 15 is 0 Å². The zero-order chi connectivity index (χ0) is 9.26. The van der Waals surface area contributed by atoms with Gasteiger partial charge in [-0.3, -0.25) is 0 Å². The summed E-state index contributed by atoms with van der Waals surface area (Å²) in [6, 6.07) is 0. The van der Waals surface area contributed by atoms with Gasteiger partial charge >= 0.3 is 0 Å². The first-order valence-electron chi connectivity index (χ1n) is 4.16. The Morgan fingerprint density at radius 2 is 2.23 bits per heavy atom. The Kier molecular flexibility index (Phi) is 2.71. The predicted octanol–water partition coefficient (Wildman–Crippen LogP) is 2.28. The molecule has 0 unspecified atom stereocenters. The third-order valence-corrected chi connectivity index (χ3v) is 2.41. The van der Waals surface area contributed by atoms with Crippen molar-refractivity contribution in [2.45, 2.75) is 25.5 Å². The highest BCUT2D eigenvalue weighted by Gasteiger charge is 2.20. The van der Waals surface area contributed by atoms with Gasteiger partial charge in [-0.25, -0.2) is 4.68 Å². The number of halogens is 2. The van der Waals surface area contributed by atoms with E-state index in [2.05, 4.69) is 10.1 Å². The lowest BCUT2D eigenvalue weighted by Crippen LogP contribution is -2.19. The van der Waals surface area contributed by atoms with E-state index in [4.69, 9.17) is 27.9 Å². The van der Waals surface area contributed by atoms with Crippen LogP contribution in [0, 0.1) is 0 Å². The van der Waals surface area contributed by atoms with Gasteiger partial charge in [-0.05, 0) is 42.5 Å². The van der Waals surface area contributed by atoms with E-state index < -0.39 is 0 Å². The van der Waals surface area contributed by atoms with Crippen LogP contribution in [0.1, 0.15) is 25.5 Å². The Bertz CT molecular complexity index is 296. The highest BCUT2D eigenvalue weighted by atomic mass is 35.5. The summed E-state index contributed by atoms with van der Waals surface area (Å²) >= 11 is 11.4. The molecule has 1 fully saturated rings. The second-order valence-electron chi connectivity index (χ2n) is 2.92. The second kappa shape index (κ2) is 3.82. The molecule has 0 spiro atoms. The van der Waals surface area contributed by atoms with E-state index in [1.54, 1.807) is 0 Å². The Labute approximate surface area is 85.8 Å². The van der Waals surface area contributed by atoms with E-state index in [1.807, 2.05) is 0 Å². The van der Waals surface area contributed by atoms with Crippen LogP contribution in [-0.2, 0) is 4.74 Å². The van der Waals surface area contributed by atoms with Gasteiger partial charge in [-0.15, -0.1) is 5.10 Å². The average molecular weight is 222 g/mol. The minimum atomic E-state index is -0.0961. The van der Waals surface area contributed by atoms with Crippen molar-refractivity contribution in [2.75, 3.05) is 6.61 Å². The first-order chi connectivity index (χ1) is 6.27. The van der Waals surface area contributed by atoms with Gasteiger partial charge in [0.2, 0.25) is 10.6 Å². The standard InChI is InChI=1S/C7H9Cl2N3O/c8-6-10-7(9)12(11-6)5-3-1-2-4-13-5/h5H,1-4H2/t5-/m1/s1. The van der Waals surface area contributed by atoms with Crippen molar-refractivity contribution in [3.63, 3.8) is 0 Å². The highest BCUT2D eigenvalue weighted by Crippen LogP contribution is 2.25. The van der Waals surface area contributed by atoms with Crippen molar-refractivity contribution in [2.24, 2.45) is 0 Å². The van der Waals surface area contributed by atoms with Crippen molar-refractivity contribution in [3.8, 4) is 0 Å². The van der Waals surface area contributed by atoms with Crippen molar-refractivity contribution in [1.82, 2.24) is 14.8 Å². The van der Waals surface area contributed by atoms with Gasteiger partial charge in [-0.1, -0.05) is 0 Å². The van der Waals surface area contributed by atoms with Gasteiger partial charge in [0.1, 0.15) is 0 Å². The topological polar surface area (TPSA) is 39.9 Å². The molecule has 2 heterocycles. The number of hydrogen-bond acceptors (Lipinski definition) is 3. The maximum absolute atomic E-state index is 5.80. The monoisotopic (exact) mass is 221 g/mol. The lowest BCUT2D eigenvalue weighted by molar-refractivity contribution is -0.0394. The Morgan fingerprint density at radius 1 is 1.38 bits per heavy atom. The summed E-state index contributed by atoms with van der Waals surface area (Å²) in [6.07, 6.45) is 3.04. The molecule has 1 saturated heterocycles. The van der Waals surface area contributed by atoms with E-state index in [0.717, 1.165) is 25.9 Å². The fraction of sp³-hybridized carbons (Fsp3) is 0.714. The molecule has 72 valence electrons. The molecule has 0 bridgehead atoms. The number of nitrogens with zero attached hydrogens (tertiary/aromatic N) is 3. The summed E-state index contributed by atoms with van der Waals surface area (Å²) in [5.41, 5.74) is 0. The molecular formula is C7H9Cl2N3O. The van der Waals surface area contributed by atoms with Crippen LogP contribution in [0.3, 0.4) is 0 Å². The number of aromatic nitrogens is 3. The minimum absolute atomic E-state index is 0.0961. The summed E-state index contributed by atoms with van der Waals surface area (Å²) in [7, 11) is 0. The maximum atomic E-state index is 5.80. The normalized spacial score (nSPS) is 23.4. The van der Waals surface area contributed by atoms with Gasteiger partial charge in [0.25, 0.3) is 0 Å². The maximum Gasteiger partial charge on any atom is 0.243 e. The summed E-state index contributed by atoms with van der Waals surface area (Å²) in [4.78, 5) is 3.79. The van der Waals surface area contributed by atoms with Crippen LogP contribution in [0.15, 0.2) is 0 Å². The quantitative estimate of drug-likeness (QED) is 0.731. The molecule has 2 rings (SSSR count). The molecule has 1 aromatic rings. The number of hydrogen-bond donors (Lipinski definition) is 0. The SMILES string of the molecule is Clc1nc(Cl)n([C@H]2CCCCO2)n1. The Balaban J connectivity index is 2.18. The summed E-state index contributed by atoms with van der Waals surface area (Å²) in [6.45, 7) is 0.748. The lowest BCUT2D eigenvalue weighted by atomic mass is 10.2. The van der Waals surface area contributed by atoms with Crippen molar-refractivity contribution >= 4 is 23.2 Å². The van der Waals surface area contributed by atoms with Crippen LogP contribution >= 0.6 is 23.2 Å². The van der Waals surface area contributed by atoms with Crippen molar-refractivity contribution < 1.29 is 4.74 Å². The van der Waals surface area contributed by atoms with Crippen LogP contribution < -0.4 is 0 Å². The molecule has 1 aromatic heterocycles. The number of rotatable bonds is 1. The lowest BCUT2D eigenvalue weighted by Gasteiger charge is -2.22. The van der Waals surface area contributed by atoms with E-state index in [1.165, 1.54) is 4.68 Å². The minimum Gasteiger partial charge on any atom is -0.356 e. The highest BCUT2D eigenvalue weighted by molar-refractivity contribution is 6.31. The molecule has 1 aliphatic heterocycles. The molecule has 0 amide bonds. The van der Waals surface area contributed by atoms with Crippen LogP contribution in [0.5, 0.6) is 0 Å². The molecule has 4 nitrogen and oxygen atoms in total. The molecule has 0 aliphatic carbocycles. The summed E-state index contributed by atoms with van der Waals surface area (Å²) in [5, 5.41) is 4.40. The average Bonchev–Trinajstić information content (AvgIpc) is 2.47.